The van der Waals surface area contributed by atoms with E-state index in [9.17, 15) is 8.42 Å². The Kier molecular flexibility index (Phi) is 2.80. The van der Waals surface area contributed by atoms with Gasteiger partial charge in [0.2, 0.25) is 0 Å². The van der Waals surface area contributed by atoms with Gasteiger partial charge in [0, 0.05) is 0 Å². The third-order valence-corrected chi connectivity index (χ3v) is 4.45. The van der Waals surface area contributed by atoms with Crippen molar-refractivity contribution < 1.29 is 13.2 Å². The first-order chi connectivity index (χ1) is 7.48. The molecule has 88 valence electrons. The Morgan fingerprint density at radius 1 is 1.44 bits per heavy atom. The minimum atomic E-state index is -2.91. The summed E-state index contributed by atoms with van der Waals surface area (Å²) in [5, 5.41) is 0. The fourth-order valence-electron chi connectivity index (χ4n) is 1.86. The summed E-state index contributed by atoms with van der Waals surface area (Å²) in [5.41, 5.74) is 7.29. The van der Waals surface area contributed by atoms with Crippen molar-refractivity contribution in [2.45, 2.75) is 19.4 Å². The molecule has 1 fully saturated rings. The Morgan fingerprint density at radius 3 is 2.75 bits per heavy atom. The topological polar surface area (TPSA) is 69.4 Å². The average Bonchev–Trinajstić information content (AvgIpc) is 2.52. The zero-order valence-electron chi connectivity index (χ0n) is 9.14. The molecule has 0 spiro atoms. The highest BCUT2D eigenvalue weighted by Gasteiger charge is 2.29. The molecule has 2 N–H and O–H groups in total. The van der Waals surface area contributed by atoms with E-state index in [1.165, 1.54) is 0 Å². The fourth-order valence-corrected chi connectivity index (χ4v) is 3.45. The first-order valence-corrected chi connectivity index (χ1v) is 7.02. The van der Waals surface area contributed by atoms with Crippen LogP contribution < -0.4 is 10.5 Å². The molecular weight excluding hydrogens is 226 g/mol. The number of anilines is 1. The zero-order chi connectivity index (χ0) is 11.8. The van der Waals surface area contributed by atoms with Crippen LogP contribution in [0, 0.1) is 6.92 Å². The van der Waals surface area contributed by atoms with E-state index in [-0.39, 0.29) is 17.6 Å². The van der Waals surface area contributed by atoms with E-state index in [0.717, 1.165) is 5.56 Å². The molecular formula is C11H15NO3S. The third-order valence-electron chi connectivity index (χ3n) is 2.72. The highest BCUT2D eigenvalue weighted by Crippen LogP contribution is 2.28. The van der Waals surface area contributed by atoms with Crippen LogP contribution in [0.4, 0.5) is 5.69 Å². The van der Waals surface area contributed by atoms with Crippen LogP contribution in [0.25, 0.3) is 0 Å². The van der Waals surface area contributed by atoms with Crippen LogP contribution >= 0.6 is 0 Å². The van der Waals surface area contributed by atoms with E-state index in [1.807, 2.05) is 19.1 Å². The summed E-state index contributed by atoms with van der Waals surface area (Å²) in [6.07, 6.45) is 0.296. The van der Waals surface area contributed by atoms with Gasteiger partial charge in [0.1, 0.15) is 11.9 Å². The normalized spacial score (nSPS) is 23.2. The molecule has 1 aliphatic heterocycles. The van der Waals surface area contributed by atoms with Gasteiger partial charge in [-0.15, -0.1) is 0 Å². The molecule has 2 rings (SSSR count). The van der Waals surface area contributed by atoms with Crippen molar-refractivity contribution in [2.24, 2.45) is 0 Å². The van der Waals surface area contributed by atoms with Gasteiger partial charge in [-0.1, -0.05) is 12.1 Å². The van der Waals surface area contributed by atoms with Gasteiger partial charge in [-0.2, -0.15) is 0 Å². The van der Waals surface area contributed by atoms with Crippen LogP contribution in [0.1, 0.15) is 12.0 Å². The van der Waals surface area contributed by atoms with Crippen LogP contribution in [-0.4, -0.2) is 26.0 Å². The molecule has 1 heterocycles. The fraction of sp³-hybridized carbons (Fsp3) is 0.455. The molecule has 0 aliphatic carbocycles. The molecule has 1 aliphatic rings. The van der Waals surface area contributed by atoms with E-state index in [0.29, 0.717) is 17.9 Å². The van der Waals surface area contributed by atoms with Crippen LogP contribution in [0.15, 0.2) is 18.2 Å². The number of hydrogen-bond acceptors (Lipinski definition) is 4. The minimum absolute atomic E-state index is 0.0980. The SMILES string of the molecule is Cc1cccc(N)c1OC1CCS(=O)(=O)C1. The third kappa shape index (κ3) is 2.29. The number of nitrogen functional groups attached to an aromatic ring is 1. The van der Waals surface area contributed by atoms with Gasteiger partial charge in [-0.3, -0.25) is 0 Å². The standard InChI is InChI=1S/C11H15NO3S/c1-8-3-2-4-10(12)11(8)15-9-5-6-16(13,14)7-9/h2-4,9H,5-7,12H2,1H3. The summed E-state index contributed by atoms with van der Waals surface area (Å²) in [6.45, 7) is 1.90. The van der Waals surface area contributed by atoms with Gasteiger partial charge >= 0.3 is 0 Å². The van der Waals surface area contributed by atoms with Crippen molar-refractivity contribution in [1.82, 2.24) is 0 Å². The lowest BCUT2D eigenvalue weighted by atomic mass is 10.2. The van der Waals surface area contributed by atoms with E-state index >= 15 is 0 Å². The van der Waals surface area contributed by atoms with Crippen LogP contribution in [0.3, 0.4) is 0 Å². The quantitative estimate of drug-likeness (QED) is 0.788. The first kappa shape index (κ1) is 11.3. The molecule has 1 aromatic carbocycles. The number of nitrogens with two attached hydrogens (primary N) is 1. The number of rotatable bonds is 2. The van der Waals surface area contributed by atoms with Crippen LogP contribution in [-0.2, 0) is 9.84 Å². The van der Waals surface area contributed by atoms with Gasteiger partial charge in [-0.25, -0.2) is 8.42 Å². The Morgan fingerprint density at radius 2 is 2.19 bits per heavy atom. The predicted molar refractivity (Wildman–Crippen MR) is 63.3 cm³/mol. The lowest BCUT2D eigenvalue weighted by molar-refractivity contribution is 0.229. The van der Waals surface area contributed by atoms with Crippen molar-refractivity contribution in [1.29, 1.82) is 0 Å². The molecule has 0 amide bonds. The summed E-state index contributed by atoms with van der Waals surface area (Å²) in [5.74, 6) is 0.925. The minimum Gasteiger partial charge on any atom is -0.487 e. The second kappa shape index (κ2) is 3.97. The van der Waals surface area contributed by atoms with Crippen molar-refractivity contribution in [2.75, 3.05) is 17.2 Å². The van der Waals surface area contributed by atoms with E-state index in [4.69, 9.17) is 10.5 Å². The number of aryl methyl sites for hydroxylation is 1. The maximum absolute atomic E-state index is 11.3. The molecule has 16 heavy (non-hydrogen) atoms. The predicted octanol–water partition coefficient (Wildman–Crippen LogP) is 1.14. The highest BCUT2D eigenvalue weighted by molar-refractivity contribution is 7.91. The average molecular weight is 241 g/mol. The Balaban J connectivity index is 2.16. The Bertz CT molecular complexity index is 476. The summed E-state index contributed by atoms with van der Waals surface area (Å²) < 4.78 is 28.2. The lowest BCUT2D eigenvalue weighted by Crippen LogP contribution is -2.18. The molecule has 1 aromatic rings. The summed E-state index contributed by atoms with van der Waals surface area (Å²) in [6, 6.07) is 5.50. The maximum atomic E-state index is 11.3. The number of sulfone groups is 1. The molecule has 0 saturated carbocycles. The van der Waals surface area contributed by atoms with Crippen molar-refractivity contribution in [3.05, 3.63) is 23.8 Å². The van der Waals surface area contributed by atoms with Gasteiger partial charge in [0.25, 0.3) is 0 Å². The van der Waals surface area contributed by atoms with Crippen molar-refractivity contribution in [3.8, 4) is 5.75 Å². The Hall–Kier alpha value is -1.23. The van der Waals surface area contributed by atoms with Gasteiger partial charge < -0.3 is 10.5 Å². The summed E-state index contributed by atoms with van der Waals surface area (Å²) in [4.78, 5) is 0. The van der Waals surface area contributed by atoms with E-state index in [2.05, 4.69) is 0 Å². The molecule has 0 aromatic heterocycles. The second-order valence-electron chi connectivity index (χ2n) is 4.14. The van der Waals surface area contributed by atoms with E-state index < -0.39 is 9.84 Å². The zero-order valence-corrected chi connectivity index (χ0v) is 9.96. The van der Waals surface area contributed by atoms with Crippen LogP contribution in [0.5, 0.6) is 5.75 Å². The number of hydrogen-bond donors (Lipinski definition) is 1. The monoisotopic (exact) mass is 241 g/mol. The van der Waals surface area contributed by atoms with Crippen molar-refractivity contribution >= 4 is 15.5 Å². The smallest absolute Gasteiger partial charge is 0.154 e. The number of ether oxygens (including phenoxy) is 1. The van der Waals surface area contributed by atoms with Crippen molar-refractivity contribution in [3.63, 3.8) is 0 Å². The van der Waals surface area contributed by atoms with Crippen LogP contribution in [0.2, 0.25) is 0 Å². The Labute approximate surface area is 95.3 Å². The number of para-hydroxylation sites is 1. The first-order valence-electron chi connectivity index (χ1n) is 5.20. The second-order valence-corrected chi connectivity index (χ2v) is 6.36. The van der Waals surface area contributed by atoms with Gasteiger partial charge in [-0.05, 0) is 25.0 Å². The molecule has 1 saturated heterocycles. The highest BCUT2D eigenvalue weighted by atomic mass is 32.2. The van der Waals surface area contributed by atoms with Gasteiger partial charge in [0.15, 0.2) is 9.84 Å². The molecule has 4 nitrogen and oxygen atoms in total. The summed E-state index contributed by atoms with van der Waals surface area (Å²) >= 11 is 0. The molecule has 1 atom stereocenters. The molecule has 1 unspecified atom stereocenters. The number of benzene rings is 1. The largest absolute Gasteiger partial charge is 0.487 e. The maximum Gasteiger partial charge on any atom is 0.154 e. The molecule has 5 heteroatoms. The van der Waals surface area contributed by atoms with Gasteiger partial charge in [0.05, 0.1) is 17.2 Å². The molecule has 0 radical (unpaired) electrons. The molecule has 0 bridgehead atoms. The lowest BCUT2D eigenvalue weighted by Gasteiger charge is -2.15. The summed E-state index contributed by atoms with van der Waals surface area (Å²) in [7, 11) is -2.91. The van der Waals surface area contributed by atoms with E-state index in [1.54, 1.807) is 6.07 Å².